The summed E-state index contributed by atoms with van der Waals surface area (Å²) in [6, 6.07) is 25.0. The number of benzene rings is 3. The van der Waals surface area contributed by atoms with Crippen molar-refractivity contribution in [3.05, 3.63) is 91.3 Å². The Morgan fingerprint density at radius 3 is 1.67 bits per heavy atom. The van der Waals surface area contributed by atoms with Crippen molar-refractivity contribution >= 4 is 17.1 Å². The highest BCUT2D eigenvalue weighted by Crippen LogP contribution is 2.37. The number of aromatic nitrogens is 1. The first-order chi connectivity index (χ1) is 14.7. The Balaban J connectivity index is 1.80. The van der Waals surface area contributed by atoms with Crippen LogP contribution in [0.4, 0.5) is 17.1 Å². The lowest BCUT2D eigenvalue weighted by atomic mass is 10.1. The number of ether oxygens (including phenoxy) is 2. The molecule has 1 aromatic heterocycles. The van der Waals surface area contributed by atoms with Crippen molar-refractivity contribution in [2.45, 2.75) is 0 Å². The normalized spacial score (nSPS) is 10.5. The van der Waals surface area contributed by atoms with E-state index >= 15 is 0 Å². The van der Waals surface area contributed by atoms with E-state index in [9.17, 15) is 5.11 Å². The maximum Gasteiger partial charge on any atom is 0.119 e. The maximum atomic E-state index is 9.58. The van der Waals surface area contributed by atoms with Crippen LogP contribution in [0.15, 0.2) is 91.3 Å². The number of hydrogen-bond donors (Lipinski definition) is 1. The van der Waals surface area contributed by atoms with Gasteiger partial charge in [-0.1, -0.05) is 12.1 Å². The molecule has 0 fully saturated rings. The average molecular weight is 398 g/mol. The van der Waals surface area contributed by atoms with Gasteiger partial charge in [0, 0.05) is 23.1 Å². The molecular weight excluding hydrogens is 376 g/mol. The SMILES string of the molecule is COc1ccc(N(c2ccc(OC)cc2)c2cncc(-c3ccc(O)cc3)c2)cc1. The van der Waals surface area contributed by atoms with Crippen LogP contribution < -0.4 is 14.4 Å². The van der Waals surface area contributed by atoms with Crippen LogP contribution in [0, 0.1) is 0 Å². The summed E-state index contributed by atoms with van der Waals surface area (Å²) < 4.78 is 10.6. The Kier molecular flexibility index (Phi) is 5.52. The first-order valence-electron chi connectivity index (χ1n) is 9.50. The van der Waals surface area contributed by atoms with E-state index in [1.807, 2.05) is 73.1 Å². The molecule has 1 heterocycles. The van der Waals surface area contributed by atoms with Crippen LogP contribution in [0.25, 0.3) is 11.1 Å². The smallest absolute Gasteiger partial charge is 0.119 e. The van der Waals surface area contributed by atoms with Crippen LogP contribution in [0.5, 0.6) is 17.2 Å². The standard InChI is InChI=1S/C25H22N2O3/c1-29-24-11-5-20(6-12-24)27(21-7-13-25(30-2)14-8-21)22-15-19(16-26-17-22)18-3-9-23(28)10-4-18/h3-17,28H,1-2H3. The zero-order chi connectivity index (χ0) is 20.9. The summed E-state index contributed by atoms with van der Waals surface area (Å²) in [7, 11) is 3.31. The number of pyridine rings is 1. The minimum absolute atomic E-state index is 0.237. The molecule has 0 aliphatic rings. The van der Waals surface area contributed by atoms with E-state index < -0.39 is 0 Å². The number of anilines is 3. The lowest BCUT2D eigenvalue weighted by molar-refractivity contribution is 0.415. The molecule has 0 saturated heterocycles. The number of phenolic OH excluding ortho intramolecular Hbond substituents is 1. The van der Waals surface area contributed by atoms with Crippen molar-refractivity contribution in [3.63, 3.8) is 0 Å². The van der Waals surface area contributed by atoms with Gasteiger partial charge in [0.05, 0.1) is 26.1 Å². The molecule has 0 amide bonds. The molecule has 30 heavy (non-hydrogen) atoms. The number of rotatable bonds is 6. The quantitative estimate of drug-likeness (QED) is 0.435. The van der Waals surface area contributed by atoms with Crippen LogP contribution in [0.2, 0.25) is 0 Å². The average Bonchev–Trinajstić information content (AvgIpc) is 2.81. The van der Waals surface area contributed by atoms with Gasteiger partial charge in [-0.15, -0.1) is 0 Å². The van der Waals surface area contributed by atoms with Gasteiger partial charge in [-0.3, -0.25) is 4.98 Å². The van der Waals surface area contributed by atoms with Gasteiger partial charge in [0.2, 0.25) is 0 Å². The Hall–Kier alpha value is -3.99. The molecule has 0 aliphatic carbocycles. The summed E-state index contributed by atoms with van der Waals surface area (Å²) >= 11 is 0. The Morgan fingerprint density at radius 2 is 1.17 bits per heavy atom. The third kappa shape index (κ3) is 4.05. The molecule has 5 heteroatoms. The van der Waals surface area contributed by atoms with Crippen LogP contribution in [0.3, 0.4) is 0 Å². The number of methoxy groups -OCH3 is 2. The predicted molar refractivity (Wildman–Crippen MR) is 119 cm³/mol. The third-order valence-corrected chi connectivity index (χ3v) is 4.84. The highest BCUT2D eigenvalue weighted by atomic mass is 16.5. The second-order valence-electron chi connectivity index (χ2n) is 6.71. The topological polar surface area (TPSA) is 54.8 Å². The minimum Gasteiger partial charge on any atom is -0.508 e. The zero-order valence-corrected chi connectivity index (χ0v) is 16.8. The molecule has 3 aromatic carbocycles. The molecular formula is C25H22N2O3. The highest BCUT2D eigenvalue weighted by Gasteiger charge is 2.14. The van der Waals surface area contributed by atoms with Crippen LogP contribution in [0.1, 0.15) is 0 Å². The molecule has 0 atom stereocenters. The molecule has 5 nitrogen and oxygen atoms in total. The van der Waals surface area contributed by atoms with Crippen molar-refractivity contribution in [1.29, 1.82) is 0 Å². The first-order valence-corrected chi connectivity index (χ1v) is 9.50. The van der Waals surface area contributed by atoms with Crippen molar-refractivity contribution < 1.29 is 14.6 Å². The summed E-state index contributed by atoms with van der Waals surface area (Å²) in [4.78, 5) is 6.59. The van der Waals surface area contributed by atoms with Gasteiger partial charge in [-0.05, 0) is 72.3 Å². The van der Waals surface area contributed by atoms with Gasteiger partial charge in [-0.25, -0.2) is 0 Å². The summed E-state index contributed by atoms with van der Waals surface area (Å²) in [5.41, 5.74) is 4.80. The van der Waals surface area contributed by atoms with E-state index in [4.69, 9.17) is 9.47 Å². The number of phenols is 1. The molecule has 0 saturated carbocycles. The minimum atomic E-state index is 0.237. The lowest BCUT2D eigenvalue weighted by Crippen LogP contribution is -2.10. The van der Waals surface area contributed by atoms with Gasteiger partial charge in [0.15, 0.2) is 0 Å². The zero-order valence-electron chi connectivity index (χ0n) is 16.8. The van der Waals surface area contributed by atoms with Gasteiger partial charge >= 0.3 is 0 Å². The molecule has 0 aliphatic heterocycles. The fourth-order valence-electron chi connectivity index (χ4n) is 3.27. The van der Waals surface area contributed by atoms with Gasteiger partial charge in [-0.2, -0.15) is 0 Å². The molecule has 0 unspecified atom stereocenters. The highest BCUT2D eigenvalue weighted by molar-refractivity contribution is 5.79. The van der Waals surface area contributed by atoms with Gasteiger partial charge < -0.3 is 19.5 Å². The molecule has 1 N–H and O–H groups in total. The van der Waals surface area contributed by atoms with E-state index in [0.29, 0.717) is 0 Å². The first kappa shape index (κ1) is 19.3. The van der Waals surface area contributed by atoms with Crippen molar-refractivity contribution in [2.24, 2.45) is 0 Å². The fourth-order valence-corrected chi connectivity index (χ4v) is 3.27. The Labute approximate surface area is 175 Å². The maximum absolute atomic E-state index is 9.58. The second-order valence-corrected chi connectivity index (χ2v) is 6.71. The summed E-state index contributed by atoms with van der Waals surface area (Å²) in [6.07, 6.45) is 3.65. The largest absolute Gasteiger partial charge is 0.508 e. The van der Waals surface area contributed by atoms with Crippen molar-refractivity contribution in [2.75, 3.05) is 19.1 Å². The Bertz CT molecular complexity index is 1060. The lowest BCUT2D eigenvalue weighted by Gasteiger charge is -2.26. The monoisotopic (exact) mass is 398 g/mol. The molecule has 0 spiro atoms. The van der Waals surface area contributed by atoms with Crippen LogP contribution in [-0.2, 0) is 0 Å². The van der Waals surface area contributed by atoms with E-state index in [-0.39, 0.29) is 5.75 Å². The summed E-state index contributed by atoms with van der Waals surface area (Å²) in [6.45, 7) is 0. The van der Waals surface area contributed by atoms with Crippen LogP contribution >= 0.6 is 0 Å². The second kappa shape index (κ2) is 8.57. The molecule has 4 rings (SSSR count). The number of aromatic hydroxyl groups is 1. The van der Waals surface area contributed by atoms with Crippen molar-refractivity contribution in [1.82, 2.24) is 4.98 Å². The van der Waals surface area contributed by atoms with Crippen molar-refractivity contribution in [3.8, 4) is 28.4 Å². The molecule has 0 radical (unpaired) electrons. The van der Waals surface area contributed by atoms with E-state index in [0.717, 1.165) is 39.7 Å². The Morgan fingerprint density at radius 1 is 0.633 bits per heavy atom. The van der Waals surface area contributed by atoms with E-state index in [1.54, 1.807) is 26.4 Å². The molecule has 4 aromatic rings. The predicted octanol–water partition coefficient (Wildman–Crippen LogP) is 5.94. The third-order valence-electron chi connectivity index (χ3n) is 4.84. The molecule has 150 valence electrons. The number of nitrogens with zero attached hydrogens (tertiary/aromatic N) is 2. The van der Waals surface area contributed by atoms with Crippen LogP contribution in [-0.4, -0.2) is 24.3 Å². The van der Waals surface area contributed by atoms with E-state index in [2.05, 4.69) is 16.0 Å². The molecule has 0 bridgehead atoms. The van der Waals surface area contributed by atoms with Gasteiger partial charge in [0.25, 0.3) is 0 Å². The fraction of sp³-hybridized carbons (Fsp3) is 0.0800. The summed E-state index contributed by atoms with van der Waals surface area (Å²) in [5.74, 6) is 1.83. The van der Waals surface area contributed by atoms with E-state index in [1.165, 1.54) is 0 Å². The van der Waals surface area contributed by atoms with Gasteiger partial charge in [0.1, 0.15) is 17.2 Å². The number of hydrogen-bond acceptors (Lipinski definition) is 5. The summed E-state index contributed by atoms with van der Waals surface area (Å²) in [5, 5.41) is 9.58.